The van der Waals surface area contributed by atoms with Gasteiger partial charge in [-0.15, -0.1) is 0 Å². The Kier molecular flexibility index (Phi) is 23.3. The number of esters is 2. The fourth-order valence-electron chi connectivity index (χ4n) is 13.3. The largest absolute Gasteiger partial charge is 0.518 e. The van der Waals surface area contributed by atoms with Gasteiger partial charge in [-0.25, -0.2) is 0 Å². The van der Waals surface area contributed by atoms with Crippen LogP contribution in [0.2, 0.25) is 52.9 Å². The van der Waals surface area contributed by atoms with Crippen molar-refractivity contribution in [3.8, 4) is 0 Å². The van der Waals surface area contributed by atoms with Gasteiger partial charge in [0.05, 0.1) is 48.5 Å². The summed E-state index contributed by atoms with van der Waals surface area (Å²) in [4.78, 5) is 66.8. The molecule has 4 rings (SSSR count). The van der Waals surface area contributed by atoms with Crippen molar-refractivity contribution < 1.29 is 70.4 Å². The van der Waals surface area contributed by atoms with E-state index in [1.165, 1.54) is 13.8 Å². The second kappa shape index (κ2) is 26.6. The highest BCUT2D eigenvalue weighted by molar-refractivity contribution is 6.79. The standard InChI is InChI=1S/C58H104O15Si3/c1-22-75(23-2,24-3)73-56(18)31-49(69-58(36-56)33-48(65-43(13)60)27-46(68-58)30-53(63)72-76(37(4)5,38(6)7)39(8)9)25-40(10)41(11)54(66-44(14)61)42(12)52(62)29-45-26-47(64-19)32-57(67-45)34-50(28-51(35-59)70-57)71-74(20,21)55(15,16)17/h35,37-39,41-42,45-51,54H,10,22-34,36H2,1-9,11-21H3/t41-,42-,45+,46-,47+,48+,49+,50+,51-,54+,56+,57-,58-/m1/s1. The molecule has 0 aromatic carbocycles. The lowest BCUT2D eigenvalue weighted by Gasteiger charge is -2.55. The number of methoxy groups -OCH3 is 1. The first-order chi connectivity index (χ1) is 35.1. The van der Waals surface area contributed by atoms with Crippen LogP contribution in [0.25, 0.3) is 0 Å². The van der Waals surface area contributed by atoms with Gasteiger partial charge in [0, 0.05) is 84.7 Å². The van der Waals surface area contributed by atoms with Gasteiger partial charge in [0.1, 0.15) is 30.4 Å². The van der Waals surface area contributed by atoms with Crippen molar-refractivity contribution in [1.29, 1.82) is 0 Å². The first kappa shape index (κ1) is 66.4. The van der Waals surface area contributed by atoms with E-state index in [1.54, 1.807) is 14.0 Å². The molecule has 4 aliphatic rings. The Balaban J connectivity index is 1.64. The Bertz CT molecular complexity index is 1950. The molecule has 0 unspecified atom stereocenters. The molecule has 0 saturated carbocycles. The SMILES string of the molecule is C=C(C[C@H]1C[C@](C)(O[Si](CC)(CC)CC)C[C@@]2(C[C@@H](OC(C)=O)C[C@H](CC(=O)O[Si](C(C)C)(C(C)C)C(C)C)O2)O1)[C@@H](C)[C@H](OC(C)=O)[C@H](C)C(=O)C[C@@H]1C[C@H](OC)C[C@@]2(C[C@@H](O[Si](C)(C)C(C)(C)C)C[C@H](C=O)O2)O1. The predicted octanol–water partition coefficient (Wildman–Crippen LogP) is 12.6. The highest BCUT2D eigenvalue weighted by Gasteiger charge is 2.57. The van der Waals surface area contributed by atoms with Gasteiger partial charge in [-0.05, 0) is 66.2 Å². The summed E-state index contributed by atoms with van der Waals surface area (Å²) < 4.78 is 66.3. The summed E-state index contributed by atoms with van der Waals surface area (Å²) in [7, 11) is -5.43. The number of rotatable bonds is 25. The molecule has 4 fully saturated rings. The van der Waals surface area contributed by atoms with Crippen molar-refractivity contribution in [2.45, 2.75) is 307 Å². The molecule has 4 heterocycles. The lowest BCUT2D eigenvalue weighted by atomic mass is 9.78. The summed E-state index contributed by atoms with van der Waals surface area (Å²) >= 11 is 0. The number of Topliss-reactive ketones (excluding diaryl/α,β-unsaturated/α-hetero) is 1. The molecule has 4 saturated heterocycles. The van der Waals surface area contributed by atoms with Gasteiger partial charge in [0.2, 0.25) is 0 Å². The van der Waals surface area contributed by atoms with Gasteiger partial charge in [0.15, 0.2) is 28.2 Å². The van der Waals surface area contributed by atoms with E-state index >= 15 is 0 Å². The van der Waals surface area contributed by atoms with Crippen LogP contribution in [0, 0.1) is 11.8 Å². The molecule has 0 N–H and O–H groups in total. The van der Waals surface area contributed by atoms with Crippen molar-refractivity contribution in [3.05, 3.63) is 12.2 Å². The topological polar surface area (TPSA) is 178 Å². The highest BCUT2D eigenvalue weighted by Crippen LogP contribution is 2.51. The molecule has 0 aromatic heterocycles. The van der Waals surface area contributed by atoms with Gasteiger partial charge in [-0.2, -0.15) is 0 Å². The molecule has 76 heavy (non-hydrogen) atoms. The molecular formula is C58H104O15Si3. The Labute approximate surface area is 461 Å². The van der Waals surface area contributed by atoms with Gasteiger partial charge in [0.25, 0.3) is 14.3 Å². The minimum atomic E-state index is -2.58. The van der Waals surface area contributed by atoms with E-state index in [2.05, 4.69) is 110 Å². The van der Waals surface area contributed by atoms with E-state index in [0.717, 1.165) is 24.4 Å². The molecular weight excluding hydrogens is 1020 g/mol. The predicted molar refractivity (Wildman–Crippen MR) is 302 cm³/mol. The van der Waals surface area contributed by atoms with E-state index in [-0.39, 0.29) is 64.9 Å². The normalized spacial score (nSPS) is 31.0. The average Bonchev–Trinajstić information content (AvgIpc) is 3.29. The van der Waals surface area contributed by atoms with Gasteiger partial charge in [-0.3, -0.25) is 19.2 Å². The fraction of sp³-hybridized carbons (Fsp3) is 0.879. The Morgan fingerprint density at radius 1 is 0.697 bits per heavy atom. The summed E-state index contributed by atoms with van der Waals surface area (Å²) in [6.07, 6.45) is -0.521. The molecule has 438 valence electrons. The third-order valence-corrected chi connectivity index (χ3v) is 33.5. The van der Waals surface area contributed by atoms with E-state index in [1.807, 2.05) is 6.92 Å². The van der Waals surface area contributed by atoms with Crippen LogP contribution in [0.4, 0.5) is 0 Å². The van der Waals surface area contributed by atoms with Crippen LogP contribution in [0.1, 0.15) is 188 Å². The first-order valence-electron chi connectivity index (χ1n) is 28.9. The molecule has 0 amide bonds. The number of hydrogen-bond donors (Lipinski definition) is 0. The van der Waals surface area contributed by atoms with E-state index < -0.39 is 103 Å². The molecule has 0 bridgehead atoms. The van der Waals surface area contributed by atoms with Gasteiger partial charge >= 0.3 is 11.9 Å². The van der Waals surface area contributed by atoms with Crippen LogP contribution in [0.5, 0.6) is 0 Å². The zero-order valence-corrected chi connectivity index (χ0v) is 53.8. The lowest BCUT2D eigenvalue weighted by Crippen LogP contribution is -2.61. The maximum absolute atomic E-state index is 14.6. The second-order valence-corrected chi connectivity index (χ2v) is 40.9. The maximum atomic E-state index is 14.6. The summed E-state index contributed by atoms with van der Waals surface area (Å²) in [5.74, 6) is -5.22. The molecule has 0 radical (unpaired) electrons. The van der Waals surface area contributed by atoms with Crippen molar-refractivity contribution in [2.24, 2.45) is 11.8 Å². The summed E-state index contributed by atoms with van der Waals surface area (Å²) in [5, 5.41) is -0.0535. The number of carbonyl (C=O) groups is 5. The second-order valence-electron chi connectivity index (χ2n) is 26.1. The number of ketones is 1. The number of ether oxygens (including phenoxy) is 7. The average molecular weight is 1130 g/mol. The van der Waals surface area contributed by atoms with Gasteiger partial charge in [-0.1, -0.05) is 109 Å². The first-order valence-corrected chi connectivity index (χ1v) is 36.5. The minimum absolute atomic E-state index is 0.00435. The van der Waals surface area contributed by atoms with E-state index in [9.17, 15) is 24.0 Å². The molecule has 15 nitrogen and oxygen atoms in total. The fourth-order valence-corrected chi connectivity index (χ4v) is 23.0. The smallest absolute Gasteiger partial charge is 0.302 e. The van der Waals surface area contributed by atoms with E-state index in [0.29, 0.717) is 56.9 Å². The van der Waals surface area contributed by atoms with Crippen LogP contribution in [0.15, 0.2) is 12.2 Å². The molecule has 18 heteroatoms. The number of carbonyl (C=O) groups excluding carboxylic acids is 5. The van der Waals surface area contributed by atoms with Crippen LogP contribution in [0.3, 0.4) is 0 Å². The molecule has 2 spiro atoms. The van der Waals surface area contributed by atoms with Gasteiger partial charge < -0.3 is 51.2 Å². The summed E-state index contributed by atoms with van der Waals surface area (Å²) in [6, 6.07) is 2.76. The molecule has 0 aliphatic carbocycles. The minimum Gasteiger partial charge on any atom is -0.518 e. The van der Waals surface area contributed by atoms with Crippen molar-refractivity contribution in [2.75, 3.05) is 7.11 Å². The van der Waals surface area contributed by atoms with Crippen molar-refractivity contribution in [1.82, 2.24) is 0 Å². The third-order valence-electron chi connectivity index (χ3n) is 18.2. The maximum Gasteiger partial charge on any atom is 0.302 e. The highest BCUT2D eigenvalue weighted by atomic mass is 28.4. The van der Waals surface area contributed by atoms with Crippen molar-refractivity contribution in [3.63, 3.8) is 0 Å². The summed E-state index contributed by atoms with van der Waals surface area (Å²) in [6.45, 7) is 43.5. The molecule has 13 atom stereocenters. The van der Waals surface area contributed by atoms with Crippen molar-refractivity contribution >= 4 is 54.9 Å². The Hall–Kier alpha value is -2.14. The monoisotopic (exact) mass is 1120 g/mol. The molecule has 4 aliphatic heterocycles. The number of hydrogen-bond acceptors (Lipinski definition) is 15. The van der Waals surface area contributed by atoms with Crippen LogP contribution in [-0.2, 0) is 70.4 Å². The third kappa shape index (κ3) is 16.5. The lowest BCUT2D eigenvalue weighted by molar-refractivity contribution is -0.347. The Morgan fingerprint density at radius 3 is 1.74 bits per heavy atom. The zero-order valence-electron chi connectivity index (χ0n) is 50.8. The van der Waals surface area contributed by atoms with Crippen LogP contribution < -0.4 is 0 Å². The quantitative estimate of drug-likeness (QED) is 0.0365. The zero-order chi connectivity index (χ0) is 57.6. The van der Waals surface area contributed by atoms with Crippen LogP contribution >= 0.6 is 0 Å². The van der Waals surface area contributed by atoms with Crippen LogP contribution in [-0.4, -0.2) is 128 Å². The van der Waals surface area contributed by atoms with E-state index in [4.69, 9.17) is 46.4 Å². The Morgan fingerprint density at radius 2 is 1.22 bits per heavy atom. The molecule has 0 aromatic rings. The number of aldehydes is 1. The summed E-state index contributed by atoms with van der Waals surface area (Å²) in [5.41, 5.74) is 0.556.